The summed E-state index contributed by atoms with van der Waals surface area (Å²) in [6.07, 6.45) is 0.725. The van der Waals surface area contributed by atoms with Crippen molar-refractivity contribution in [1.82, 2.24) is 15.1 Å². The van der Waals surface area contributed by atoms with Crippen LogP contribution < -0.4 is 5.32 Å². The Kier molecular flexibility index (Phi) is 6.34. The molecule has 1 atom stereocenters. The number of nitrogens with one attached hydrogen (secondary N) is 1. The van der Waals surface area contributed by atoms with Crippen molar-refractivity contribution in [3.05, 3.63) is 35.6 Å². The van der Waals surface area contributed by atoms with Crippen molar-refractivity contribution in [3.8, 4) is 0 Å². The van der Waals surface area contributed by atoms with Crippen LogP contribution in [-0.2, 0) is 11.2 Å². The minimum atomic E-state index is -0.229. The average molecular weight is 307 g/mol. The second-order valence-corrected chi connectivity index (χ2v) is 5.81. The topological polar surface area (TPSA) is 35.6 Å². The zero-order valence-corrected chi connectivity index (χ0v) is 13.5. The van der Waals surface area contributed by atoms with Crippen LogP contribution in [0.15, 0.2) is 24.3 Å². The lowest BCUT2D eigenvalue weighted by molar-refractivity contribution is -0.126. The lowest BCUT2D eigenvalue weighted by atomic mass is 10.1. The molecule has 5 heteroatoms. The smallest absolute Gasteiger partial charge is 0.237 e. The Labute approximate surface area is 132 Å². The Morgan fingerprint density at radius 2 is 1.86 bits per heavy atom. The maximum Gasteiger partial charge on any atom is 0.237 e. The third-order valence-corrected chi connectivity index (χ3v) is 4.41. The van der Waals surface area contributed by atoms with E-state index < -0.39 is 0 Å². The van der Waals surface area contributed by atoms with Crippen LogP contribution in [0, 0.1) is 5.82 Å². The quantitative estimate of drug-likeness (QED) is 0.865. The monoisotopic (exact) mass is 307 g/mol. The standard InChI is InChI=1S/C17H26FN3O/c1-3-20-10-12-21(13-11-20)14(2)17(22)19-9-8-15-4-6-16(18)7-5-15/h4-7,14H,3,8-13H2,1-2H3,(H,19,22)/t14-/m0/s1. The maximum atomic E-state index is 12.8. The van der Waals surface area contributed by atoms with Gasteiger partial charge in [0.15, 0.2) is 0 Å². The predicted octanol–water partition coefficient (Wildman–Crippen LogP) is 1.51. The van der Waals surface area contributed by atoms with Gasteiger partial charge in [-0.25, -0.2) is 4.39 Å². The molecule has 0 radical (unpaired) electrons. The Balaban J connectivity index is 1.71. The van der Waals surface area contributed by atoms with Gasteiger partial charge in [-0.15, -0.1) is 0 Å². The zero-order valence-electron chi connectivity index (χ0n) is 13.5. The number of piperazine rings is 1. The molecule has 0 aliphatic carbocycles. The van der Waals surface area contributed by atoms with Gasteiger partial charge >= 0.3 is 0 Å². The summed E-state index contributed by atoms with van der Waals surface area (Å²) in [5.41, 5.74) is 1.03. The van der Waals surface area contributed by atoms with Crippen molar-refractivity contribution >= 4 is 5.91 Å². The van der Waals surface area contributed by atoms with Crippen LogP contribution in [0.5, 0.6) is 0 Å². The highest BCUT2D eigenvalue weighted by atomic mass is 19.1. The minimum Gasteiger partial charge on any atom is -0.354 e. The Hall–Kier alpha value is -1.46. The first-order chi connectivity index (χ1) is 10.6. The highest BCUT2D eigenvalue weighted by molar-refractivity contribution is 5.81. The van der Waals surface area contributed by atoms with Gasteiger partial charge in [-0.05, 0) is 37.6 Å². The molecule has 1 amide bonds. The van der Waals surface area contributed by atoms with Crippen molar-refractivity contribution in [2.24, 2.45) is 0 Å². The van der Waals surface area contributed by atoms with E-state index >= 15 is 0 Å². The highest BCUT2D eigenvalue weighted by Crippen LogP contribution is 2.07. The summed E-state index contributed by atoms with van der Waals surface area (Å²) in [6.45, 7) is 9.75. The highest BCUT2D eigenvalue weighted by Gasteiger charge is 2.24. The Bertz CT molecular complexity index is 469. The molecule has 0 aromatic heterocycles. The first-order valence-electron chi connectivity index (χ1n) is 8.08. The second kappa shape index (κ2) is 8.25. The molecule has 0 bridgehead atoms. The number of rotatable bonds is 6. The zero-order chi connectivity index (χ0) is 15.9. The molecule has 1 fully saturated rings. The van der Waals surface area contributed by atoms with Gasteiger partial charge in [-0.2, -0.15) is 0 Å². The van der Waals surface area contributed by atoms with Crippen molar-refractivity contribution < 1.29 is 9.18 Å². The molecule has 1 aliphatic heterocycles. The first kappa shape index (κ1) is 16.9. The van der Waals surface area contributed by atoms with E-state index in [4.69, 9.17) is 0 Å². The first-order valence-corrected chi connectivity index (χ1v) is 8.08. The van der Waals surface area contributed by atoms with Crippen LogP contribution >= 0.6 is 0 Å². The minimum absolute atomic E-state index is 0.0760. The molecule has 1 saturated heterocycles. The summed E-state index contributed by atoms with van der Waals surface area (Å²) in [5, 5.41) is 2.98. The van der Waals surface area contributed by atoms with E-state index in [2.05, 4.69) is 22.0 Å². The molecule has 0 saturated carbocycles. The molecular weight excluding hydrogens is 281 g/mol. The molecule has 1 N–H and O–H groups in total. The van der Waals surface area contributed by atoms with Crippen molar-refractivity contribution in [3.63, 3.8) is 0 Å². The number of benzene rings is 1. The van der Waals surface area contributed by atoms with Crippen LogP contribution in [0.3, 0.4) is 0 Å². The third-order valence-electron chi connectivity index (χ3n) is 4.41. The molecule has 1 aromatic rings. The lowest BCUT2D eigenvalue weighted by Gasteiger charge is -2.36. The summed E-state index contributed by atoms with van der Waals surface area (Å²) in [4.78, 5) is 16.8. The normalized spacial score (nSPS) is 18.1. The largest absolute Gasteiger partial charge is 0.354 e. The predicted molar refractivity (Wildman–Crippen MR) is 86.3 cm³/mol. The molecule has 4 nitrogen and oxygen atoms in total. The number of halogens is 1. The van der Waals surface area contributed by atoms with Crippen molar-refractivity contribution in [2.45, 2.75) is 26.3 Å². The van der Waals surface area contributed by atoms with Crippen LogP contribution in [-0.4, -0.2) is 61.0 Å². The van der Waals surface area contributed by atoms with Crippen molar-refractivity contribution in [1.29, 1.82) is 0 Å². The van der Waals surface area contributed by atoms with Gasteiger partial charge in [0.1, 0.15) is 5.82 Å². The number of nitrogens with zero attached hydrogens (tertiary/aromatic N) is 2. The van der Waals surface area contributed by atoms with Gasteiger partial charge in [-0.1, -0.05) is 19.1 Å². The fraction of sp³-hybridized carbons (Fsp3) is 0.588. The molecular formula is C17H26FN3O. The molecule has 122 valence electrons. The summed E-state index contributed by atoms with van der Waals surface area (Å²) >= 11 is 0. The SMILES string of the molecule is CCN1CCN([C@@H](C)C(=O)NCCc2ccc(F)cc2)CC1. The van der Waals surface area contributed by atoms with E-state index in [1.165, 1.54) is 12.1 Å². The third kappa shape index (κ3) is 4.78. The van der Waals surface area contributed by atoms with Gasteiger partial charge in [0.25, 0.3) is 0 Å². The fourth-order valence-corrected chi connectivity index (χ4v) is 2.76. The van der Waals surface area contributed by atoms with Gasteiger partial charge in [0, 0.05) is 32.7 Å². The summed E-state index contributed by atoms with van der Waals surface area (Å²) < 4.78 is 12.8. The molecule has 22 heavy (non-hydrogen) atoms. The van der Waals surface area contributed by atoms with E-state index in [0.717, 1.165) is 44.7 Å². The number of carbonyl (C=O) groups excluding carboxylic acids is 1. The van der Waals surface area contributed by atoms with Crippen LogP contribution in [0.2, 0.25) is 0 Å². The number of hydrogen-bond acceptors (Lipinski definition) is 3. The summed E-state index contributed by atoms with van der Waals surface area (Å²) in [7, 11) is 0. The van der Waals surface area contributed by atoms with Gasteiger partial charge in [0.05, 0.1) is 6.04 Å². The lowest BCUT2D eigenvalue weighted by Crippen LogP contribution is -2.53. The van der Waals surface area contributed by atoms with E-state index in [0.29, 0.717) is 6.54 Å². The molecule has 0 spiro atoms. The molecule has 1 aromatic carbocycles. The summed E-state index contributed by atoms with van der Waals surface area (Å²) in [6, 6.07) is 6.33. The van der Waals surface area contributed by atoms with E-state index in [-0.39, 0.29) is 17.8 Å². The van der Waals surface area contributed by atoms with Crippen LogP contribution in [0.25, 0.3) is 0 Å². The molecule has 1 aliphatic rings. The van der Waals surface area contributed by atoms with E-state index in [9.17, 15) is 9.18 Å². The Morgan fingerprint density at radius 3 is 2.45 bits per heavy atom. The fourth-order valence-electron chi connectivity index (χ4n) is 2.76. The van der Waals surface area contributed by atoms with Crippen LogP contribution in [0.4, 0.5) is 4.39 Å². The number of likely N-dealkylation sites (N-methyl/N-ethyl adjacent to an activating group) is 1. The molecule has 1 heterocycles. The van der Waals surface area contributed by atoms with E-state index in [1.54, 1.807) is 12.1 Å². The van der Waals surface area contributed by atoms with Crippen LogP contribution in [0.1, 0.15) is 19.4 Å². The van der Waals surface area contributed by atoms with Crippen molar-refractivity contribution in [2.75, 3.05) is 39.3 Å². The number of hydrogen-bond donors (Lipinski definition) is 1. The summed E-state index contributed by atoms with van der Waals surface area (Å²) in [5.74, 6) is -0.153. The maximum absolute atomic E-state index is 12.8. The Morgan fingerprint density at radius 1 is 1.23 bits per heavy atom. The average Bonchev–Trinajstić information content (AvgIpc) is 2.56. The van der Waals surface area contributed by atoms with Gasteiger partial charge < -0.3 is 10.2 Å². The van der Waals surface area contributed by atoms with Gasteiger partial charge in [0.2, 0.25) is 5.91 Å². The molecule has 0 unspecified atom stereocenters. The number of carbonyl (C=O) groups is 1. The number of amides is 1. The van der Waals surface area contributed by atoms with E-state index in [1.807, 2.05) is 6.92 Å². The molecule has 2 rings (SSSR count). The second-order valence-electron chi connectivity index (χ2n) is 5.81. The van der Waals surface area contributed by atoms with Gasteiger partial charge in [-0.3, -0.25) is 9.69 Å².